The fraction of sp³-hybridized carbons (Fsp3) is 0.667. The molecule has 2 aliphatic rings. The highest BCUT2D eigenvalue weighted by Gasteiger charge is 2.27. The number of fused-ring (bicyclic) bond motifs is 1. The molecule has 4 rings (SSSR count). The van der Waals surface area contributed by atoms with Crippen molar-refractivity contribution in [3.05, 3.63) is 16.8 Å². The van der Waals surface area contributed by atoms with Crippen LogP contribution in [-0.4, -0.2) is 47.1 Å². The molecule has 0 unspecified atom stereocenters. The SMILES string of the molecule is Cc1sc2ncnc(N3CCN(C4CCCCC4)CC3)c2c1C. The highest BCUT2D eigenvalue weighted by atomic mass is 32.1. The lowest BCUT2D eigenvalue weighted by Crippen LogP contribution is -2.51. The van der Waals surface area contributed by atoms with Crippen molar-refractivity contribution in [1.82, 2.24) is 14.9 Å². The highest BCUT2D eigenvalue weighted by molar-refractivity contribution is 7.18. The zero-order valence-corrected chi connectivity index (χ0v) is 15.0. The maximum Gasteiger partial charge on any atom is 0.141 e. The molecular weight excluding hydrogens is 304 g/mol. The molecule has 0 atom stereocenters. The van der Waals surface area contributed by atoms with Gasteiger partial charge >= 0.3 is 0 Å². The van der Waals surface area contributed by atoms with E-state index >= 15 is 0 Å². The lowest BCUT2D eigenvalue weighted by Gasteiger charge is -2.41. The summed E-state index contributed by atoms with van der Waals surface area (Å²) in [6, 6.07) is 0.835. The Morgan fingerprint density at radius 2 is 1.74 bits per heavy atom. The van der Waals surface area contributed by atoms with Crippen LogP contribution in [0.5, 0.6) is 0 Å². The van der Waals surface area contributed by atoms with E-state index in [0.29, 0.717) is 0 Å². The molecule has 0 radical (unpaired) electrons. The van der Waals surface area contributed by atoms with Crippen LogP contribution in [-0.2, 0) is 0 Å². The third-order valence-electron chi connectivity index (χ3n) is 5.65. The minimum Gasteiger partial charge on any atom is -0.353 e. The lowest BCUT2D eigenvalue weighted by atomic mass is 9.94. The average molecular weight is 331 g/mol. The largest absolute Gasteiger partial charge is 0.353 e. The molecule has 2 aromatic rings. The van der Waals surface area contributed by atoms with E-state index in [0.717, 1.165) is 29.8 Å². The van der Waals surface area contributed by atoms with Crippen LogP contribution in [0.2, 0.25) is 0 Å². The summed E-state index contributed by atoms with van der Waals surface area (Å²) < 4.78 is 0. The molecule has 0 spiro atoms. The molecule has 2 aromatic heterocycles. The van der Waals surface area contributed by atoms with Crippen molar-refractivity contribution in [2.45, 2.75) is 52.0 Å². The molecule has 4 nitrogen and oxygen atoms in total. The summed E-state index contributed by atoms with van der Waals surface area (Å²) in [6.45, 7) is 8.94. The zero-order chi connectivity index (χ0) is 15.8. The van der Waals surface area contributed by atoms with Crippen molar-refractivity contribution < 1.29 is 0 Å². The van der Waals surface area contributed by atoms with E-state index in [-0.39, 0.29) is 0 Å². The Morgan fingerprint density at radius 3 is 2.48 bits per heavy atom. The normalized spacial score (nSPS) is 21.2. The smallest absolute Gasteiger partial charge is 0.141 e. The predicted molar refractivity (Wildman–Crippen MR) is 97.5 cm³/mol. The Bertz CT molecular complexity index is 682. The van der Waals surface area contributed by atoms with Crippen LogP contribution >= 0.6 is 11.3 Å². The molecule has 1 saturated heterocycles. The summed E-state index contributed by atoms with van der Waals surface area (Å²) >= 11 is 1.79. The number of anilines is 1. The van der Waals surface area contributed by atoms with Crippen LogP contribution < -0.4 is 4.90 Å². The van der Waals surface area contributed by atoms with Gasteiger partial charge in [-0.25, -0.2) is 9.97 Å². The number of piperazine rings is 1. The van der Waals surface area contributed by atoms with Gasteiger partial charge in [0.15, 0.2) is 0 Å². The first-order valence-corrected chi connectivity index (χ1v) is 9.75. The first-order chi connectivity index (χ1) is 11.2. The molecule has 5 heteroatoms. The molecule has 0 amide bonds. The maximum absolute atomic E-state index is 4.65. The maximum atomic E-state index is 4.65. The number of nitrogens with zero attached hydrogens (tertiary/aromatic N) is 4. The molecule has 2 fully saturated rings. The molecule has 1 aliphatic heterocycles. The molecular formula is C18H26N4S. The van der Waals surface area contributed by atoms with Crippen LogP contribution in [0, 0.1) is 13.8 Å². The Kier molecular flexibility index (Phi) is 4.24. The highest BCUT2D eigenvalue weighted by Crippen LogP contribution is 2.34. The van der Waals surface area contributed by atoms with Gasteiger partial charge in [0.2, 0.25) is 0 Å². The number of aryl methyl sites for hydroxylation is 2. The monoisotopic (exact) mass is 330 g/mol. The Morgan fingerprint density at radius 1 is 1.00 bits per heavy atom. The standard InChI is InChI=1S/C18H26N4S/c1-13-14(2)23-18-16(13)17(19-12-20-18)22-10-8-21(9-11-22)15-6-4-3-5-7-15/h12,15H,3-11H2,1-2H3. The van der Waals surface area contributed by atoms with E-state index < -0.39 is 0 Å². The second kappa shape index (κ2) is 6.36. The molecule has 124 valence electrons. The molecule has 0 bridgehead atoms. The van der Waals surface area contributed by atoms with E-state index in [9.17, 15) is 0 Å². The second-order valence-corrected chi connectivity index (χ2v) is 8.18. The minimum absolute atomic E-state index is 0.835. The topological polar surface area (TPSA) is 32.3 Å². The average Bonchev–Trinajstić information content (AvgIpc) is 2.90. The summed E-state index contributed by atoms with van der Waals surface area (Å²) in [7, 11) is 0. The van der Waals surface area contributed by atoms with Gasteiger partial charge in [0, 0.05) is 37.1 Å². The fourth-order valence-corrected chi connectivity index (χ4v) is 5.14. The number of hydrogen-bond acceptors (Lipinski definition) is 5. The predicted octanol–water partition coefficient (Wildman–Crippen LogP) is 3.76. The third kappa shape index (κ3) is 2.85. The fourth-order valence-electron chi connectivity index (χ4n) is 4.15. The summed E-state index contributed by atoms with van der Waals surface area (Å²) in [4.78, 5) is 16.8. The summed E-state index contributed by atoms with van der Waals surface area (Å²) in [5, 5.41) is 1.28. The van der Waals surface area contributed by atoms with Crippen molar-refractivity contribution in [2.24, 2.45) is 0 Å². The van der Waals surface area contributed by atoms with Crippen molar-refractivity contribution >= 4 is 27.4 Å². The first-order valence-electron chi connectivity index (χ1n) is 8.94. The van der Waals surface area contributed by atoms with Crippen LogP contribution in [0.4, 0.5) is 5.82 Å². The Labute approximate surface area is 142 Å². The van der Waals surface area contributed by atoms with E-state index in [1.54, 1.807) is 17.7 Å². The molecule has 23 heavy (non-hydrogen) atoms. The number of aromatic nitrogens is 2. The van der Waals surface area contributed by atoms with Gasteiger partial charge in [-0.05, 0) is 32.3 Å². The summed E-state index contributed by atoms with van der Waals surface area (Å²) in [6.07, 6.45) is 8.82. The van der Waals surface area contributed by atoms with Crippen molar-refractivity contribution in [3.8, 4) is 0 Å². The van der Waals surface area contributed by atoms with Crippen LogP contribution in [0.15, 0.2) is 6.33 Å². The van der Waals surface area contributed by atoms with Gasteiger partial charge in [0.1, 0.15) is 17.0 Å². The number of hydrogen-bond donors (Lipinski definition) is 0. The van der Waals surface area contributed by atoms with Crippen LogP contribution in [0.1, 0.15) is 42.5 Å². The summed E-state index contributed by atoms with van der Waals surface area (Å²) in [5.74, 6) is 1.15. The van der Waals surface area contributed by atoms with E-state index in [1.807, 2.05) is 0 Å². The zero-order valence-electron chi connectivity index (χ0n) is 14.2. The Balaban J connectivity index is 1.52. The van der Waals surface area contributed by atoms with Crippen molar-refractivity contribution in [1.29, 1.82) is 0 Å². The van der Waals surface area contributed by atoms with Gasteiger partial charge < -0.3 is 4.90 Å². The van der Waals surface area contributed by atoms with Gasteiger partial charge in [-0.3, -0.25) is 4.90 Å². The van der Waals surface area contributed by atoms with Gasteiger partial charge in [0.25, 0.3) is 0 Å². The van der Waals surface area contributed by atoms with E-state index in [1.165, 1.54) is 61.0 Å². The van der Waals surface area contributed by atoms with Crippen molar-refractivity contribution in [2.75, 3.05) is 31.1 Å². The van der Waals surface area contributed by atoms with Gasteiger partial charge in [-0.1, -0.05) is 19.3 Å². The van der Waals surface area contributed by atoms with Gasteiger partial charge in [0.05, 0.1) is 5.39 Å². The van der Waals surface area contributed by atoms with Gasteiger partial charge in [-0.15, -0.1) is 11.3 Å². The minimum atomic E-state index is 0.835. The van der Waals surface area contributed by atoms with Crippen molar-refractivity contribution in [3.63, 3.8) is 0 Å². The third-order valence-corrected chi connectivity index (χ3v) is 6.77. The quantitative estimate of drug-likeness (QED) is 0.839. The van der Waals surface area contributed by atoms with Gasteiger partial charge in [-0.2, -0.15) is 0 Å². The molecule has 0 aromatic carbocycles. The Hall–Kier alpha value is -1.20. The second-order valence-electron chi connectivity index (χ2n) is 6.98. The van der Waals surface area contributed by atoms with E-state index in [4.69, 9.17) is 0 Å². The molecule has 0 N–H and O–H groups in total. The van der Waals surface area contributed by atoms with Crippen LogP contribution in [0.3, 0.4) is 0 Å². The molecule has 1 aliphatic carbocycles. The number of rotatable bonds is 2. The number of thiophene rings is 1. The molecule has 3 heterocycles. The summed E-state index contributed by atoms with van der Waals surface area (Å²) in [5.41, 5.74) is 1.36. The lowest BCUT2D eigenvalue weighted by molar-refractivity contribution is 0.148. The first kappa shape index (κ1) is 15.3. The van der Waals surface area contributed by atoms with E-state index in [2.05, 4.69) is 33.6 Å². The molecule has 1 saturated carbocycles. The van der Waals surface area contributed by atoms with Crippen LogP contribution in [0.25, 0.3) is 10.2 Å².